The van der Waals surface area contributed by atoms with Gasteiger partial charge in [-0.15, -0.1) is 6.58 Å². The van der Waals surface area contributed by atoms with Gasteiger partial charge in [0.2, 0.25) is 0 Å². The Kier molecular flexibility index (Phi) is 6.38. The minimum atomic E-state index is -0.402. The van der Waals surface area contributed by atoms with Gasteiger partial charge in [0.05, 0.1) is 12.7 Å². The first-order chi connectivity index (χ1) is 12.1. The number of hydrogen-bond acceptors (Lipinski definition) is 3. The second-order valence-electron chi connectivity index (χ2n) is 5.03. The molecule has 0 heterocycles. The third kappa shape index (κ3) is 5.56. The van der Waals surface area contributed by atoms with Crippen LogP contribution < -0.4 is 10.6 Å². The van der Waals surface area contributed by atoms with Crippen molar-refractivity contribution in [3.8, 4) is 11.8 Å². The average molecular weight is 334 g/mol. The molecule has 0 aliphatic carbocycles. The first kappa shape index (κ1) is 17.8. The van der Waals surface area contributed by atoms with Crippen LogP contribution in [0.5, 0.6) is 0 Å². The van der Waals surface area contributed by atoms with Crippen LogP contribution in [0, 0.1) is 11.8 Å². The van der Waals surface area contributed by atoms with Crippen molar-refractivity contribution in [2.24, 2.45) is 0 Å². The molecule has 2 aromatic carbocycles. The number of benzene rings is 2. The van der Waals surface area contributed by atoms with Gasteiger partial charge in [-0.2, -0.15) is 0 Å². The summed E-state index contributed by atoms with van der Waals surface area (Å²) < 4.78 is 4.70. The molecule has 0 saturated heterocycles. The number of rotatable bonds is 4. The summed E-state index contributed by atoms with van der Waals surface area (Å²) in [4.78, 5) is 23.2. The van der Waals surface area contributed by atoms with Crippen molar-refractivity contribution in [3.05, 3.63) is 77.9 Å². The van der Waals surface area contributed by atoms with Gasteiger partial charge in [0, 0.05) is 23.4 Å². The van der Waals surface area contributed by atoms with Gasteiger partial charge >= 0.3 is 12.0 Å². The number of esters is 1. The molecule has 126 valence electrons. The third-order valence-electron chi connectivity index (χ3n) is 3.16. The van der Waals surface area contributed by atoms with E-state index in [4.69, 9.17) is 4.74 Å². The summed E-state index contributed by atoms with van der Waals surface area (Å²) >= 11 is 0. The first-order valence-electron chi connectivity index (χ1n) is 7.58. The zero-order valence-corrected chi connectivity index (χ0v) is 13.8. The molecule has 5 nitrogen and oxygen atoms in total. The maximum Gasteiger partial charge on any atom is 0.337 e. The Labute approximate surface area is 146 Å². The van der Waals surface area contributed by atoms with E-state index < -0.39 is 5.97 Å². The van der Waals surface area contributed by atoms with E-state index in [0.29, 0.717) is 23.4 Å². The first-order valence-corrected chi connectivity index (χ1v) is 7.58. The van der Waals surface area contributed by atoms with Crippen LogP contribution in [0.25, 0.3) is 0 Å². The smallest absolute Gasteiger partial charge is 0.337 e. The molecule has 0 aromatic heterocycles. The molecule has 0 fully saturated rings. The minimum Gasteiger partial charge on any atom is -0.465 e. The van der Waals surface area contributed by atoms with Crippen molar-refractivity contribution in [2.45, 2.75) is 0 Å². The van der Waals surface area contributed by atoms with Crippen LogP contribution in [0.2, 0.25) is 0 Å². The zero-order valence-electron chi connectivity index (χ0n) is 13.8. The van der Waals surface area contributed by atoms with Crippen molar-refractivity contribution < 1.29 is 14.3 Å². The number of anilines is 1. The lowest BCUT2D eigenvalue weighted by atomic mass is 10.1. The summed E-state index contributed by atoms with van der Waals surface area (Å²) in [7, 11) is 1.34. The maximum absolute atomic E-state index is 11.6. The van der Waals surface area contributed by atoms with E-state index in [9.17, 15) is 9.59 Å². The van der Waals surface area contributed by atoms with E-state index in [1.54, 1.807) is 42.5 Å². The summed E-state index contributed by atoms with van der Waals surface area (Å²) in [5.41, 5.74) is 2.52. The summed E-state index contributed by atoms with van der Waals surface area (Å²) in [5.74, 6) is 5.61. The highest BCUT2D eigenvalue weighted by Gasteiger charge is 2.04. The molecule has 0 radical (unpaired) electrons. The van der Waals surface area contributed by atoms with Gasteiger partial charge in [-0.05, 0) is 36.4 Å². The number of carbonyl (C=O) groups excluding carboxylic acids is 2. The quantitative estimate of drug-likeness (QED) is 0.513. The molecule has 0 aliphatic rings. The summed E-state index contributed by atoms with van der Waals surface area (Å²) in [6, 6.07) is 13.8. The third-order valence-corrected chi connectivity index (χ3v) is 3.16. The molecule has 5 heteroatoms. The van der Waals surface area contributed by atoms with Crippen LogP contribution in [-0.2, 0) is 4.74 Å². The van der Waals surface area contributed by atoms with Crippen LogP contribution in [0.15, 0.2) is 61.2 Å². The highest BCUT2D eigenvalue weighted by molar-refractivity contribution is 5.90. The van der Waals surface area contributed by atoms with Crippen molar-refractivity contribution >= 4 is 17.7 Å². The Morgan fingerprint density at radius 2 is 1.80 bits per heavy atom. The number of nitrogens with one attached hydrogen (secondary N) is 2. The van der Waals surface area contributed by atoms with E-state index in [1.165, 1.54) is 7.11 Å². The molecular weight excluding hydrogens is 316 g/mol. The van der Waals surface area contributed by atoms with Gasteiger partial charge in [0.25, 0.3) is 0 Å². The molecular formula is C20H18N2O3. The number of amides is 2. The summed E-state index contributed by atoms with van der Waals surface area (Å²) in [6.45, 7) is 3.93. The number of carbonyl (C=O) groups is 2. The van der Waals surface area contributed by atoms with Gasteiger partial charge in [0.1, 0.15) is 0 Å². The molecule has 0 bridgehead atoms. The van der Waals surface area contributed by atoms with Gasteiger partial charge in [-0.3, -0.25) is 0 Å². The molecule has 0 unspecified atom stereocenters. The van der Waals surface area contributed by atoms with Crippen LogP contribution in [0.1, 0.15) is 21.5 Å². The predicted octanol–water partition coefficient (Wildman–Crippen LogP) is 3.18. The van der Waals surface area contributed by atoms with E-state index in [0.717, 1.165) is 5.56 Å². The number of hydrogen-bond donors (Lipinski definition) is 2. The average Bonchev–Trinajstić information content (AvgIpc) is 2.64. The van der Waals surface area contributed by atoms with Crippen molar-refractivity contribution in [1.82, 2.24) is 5.32 Å². The number of urea groups is 1. The second-order valence-corrected chi connectivity index (χ2v) is 5.03. The van der Waals surface area contributed by atoms with Crippen molar-refractivity contribution in [2.75, 3.05) is 19.0 Å². The van der Waals surface area contributed by atoms with Crippen LogP contribution >= 0.6 is 0 Å². The Bertz CT molecular complexity index is 847. The monoisotopic (exact) mass is 334 g/mol. The fourth-order valence-corrected chi connectivity index (χ4v) is 2.00. The van der Waals surface area contributed by atoms with Crippen molar-refractivity contribution in [3.63, 3.8) is 0 Å². The lowest BCUT2D eigenvalue weighted by molar-refractivity contribution is 0.0600. The van der Waals surface area contributed by atoms with Gasteiger partial charge < -0.3 is 15.4 Å². The van der Waals surface area contributed by atoms with Gasteiger partial charge in [-0.25, -0.2) is 9.59 Å². The second kappa shape index (κ2) is 8.94. The maximum atomic E-state index is 11.6. The largest absolute Gasteiger partial charge is 0.465 e. The van der Waals surface area contributed by atoms with E-state index in [-0.39, 0.29) is 6.03 Å². The van der Waals surface area contributed by atoms with Crippen LogP contribution in [-0.4, -0.2) is 25.7 Å². The van der Waals surface area contributed by atoms with Crippen LogP contribution in [0.4, 0.5) is 10.5 Å². The molecule has 2 amide bonds. The molecule has 0 atom stereocenters. The fourth-order valence-electron chi connectivity index (χ4n) is 2.00. The number of ether oxygens (including phenoxy) is 1. The van der Waals surface area contributed by atoms with E-state index >= 15 is 0 Å². The summed E-state index contributed by atoms with van der Waals surface area (Å²) in [5, 5.41) is 5.35. The van der Waals surface area contributed by atoms with Crippen LogP contribution in [0.3, 0.4) is 0 Å². The molecule has 2 aromatic rings. The predicted molar refractivity (Wildman–Crippen MR) is 97.4 cm³/mol. The number of methoxy groups -OCH3 is 1. The molecule has 2 N–H and O–H groups in total. The standard InChI is InChI=1S/C20H18N2O3/c1-3-12-21-20(24)22-18-9-5-7-16(14-18)11-10-15-6-4-8-17(13-15)19(23)25-2/h3-9,13-14H,1,12H2,2H3,(H2,21,22,24). The van der Waals surface area contributed by atoms with Gasteiger partial charge in [-0.1, -0.05) is 30.0 Å². The van der Waals surface area contributed by atoms with E-state index in [2.05, 4.69) is 29.1 Å². The molecule has 2 rings (SSSR count). The zero-order chi connectivity index (χ0) is 18.1. The topological polar surface area (TPSA) is 67.4 Å². The fraction of sp³-hybridized carbons (Fsp3) is 0.100. The SMILES string of the molecule is C=CCNC(=O)Nc1cccc(C#Cc2cccc(C(=O)OC)c2)c1. The molecule has 0 spiro atoms. The highest BCUT2D eigenvalue weighted by atomic mass is 16.5. The molecule has 0 saturated carbocycles. The van der Waals surface area contributed by atoms with Gasteiger partial charge in [0.15, 0.2) is 0 Å². The van der Waals surface area contributed by atoms with E-state index in [1.807, 2.05) is 12.1 Å². The van der Waals surface area contributed by atoms with Crippen molar-refractivity contribution in [1.29, 1.82) is 0 Å². The molecule has 0 aliphatic heterocycles. The lowest BCUT2D eigenvalue weighted by Crippen LogP contribution is -2.28. The Hall–Kier alpha value is -3.52. The Morgan fingerprint density at radius 1 is 1.12 bits per heavy atom. The summed E-state index contributed by atoms with van der Waals surface area (Å²) in [6.07, 6.45) is 1.60. The molecule has 25 heavy (non-hydrogen) atoms. The Morgan fingerprint density at radius 3 is 2.48 bits per heavy atom. The minimum absolute atomic E-state index is 0.309. The lowest BCUT2D eigenvalue weighted by Gasteiger charge is -2.05. The Balaban J connectivity index is 2.13. The highest BCUT2D eigenvalue weighted by Crippen LogP contribution is 2.10. The normalized spacial score (nSPS) is 9.32.